The summed E-state index contributed by atoms with van der Waals surface area (Å²) in [5, 5.41) is 6.12. The number of aliphatic imine (C=N–C) groups is 2. The minimum Gasteiger partial charge on any atom is -0.491 e. The minimum atomic E-state index is -0.321. The number of morpholine rings is 1. The van der Waals surface area contributed by atoms with Crippen LogP contribution in [0.2, 0.25) is 0 Å². The van der Waals surface area contributed by atoms with Crippen molar-refractivity contribution in [3.63, 3.8) is 0 Å². The zero-order valence-electron chi connectivity index (χ0n) is 23.0. The molecule has 3 aromatic rings. The molecule has 0 spiro atoms. The van der Waals surface area contributed by atoms with Crippen molar-refractivity contribution in [2.75, 3.05) is 65.0 Å². The first-order chi connectivity index (χ1) is 20.2. The highest BCUT2D eigenvalue weighted by Gasteiger charge is 2.33. The number of nitrogens with one attached hydrogen (secondary N) is 2. The van der Waals surface area contributed by atoms with E-state index in [1.54, 1.807) is 25.5 Å². The first-order valence-corrected chi connectivity index (χ1v) is 13.8. The van der Waals surface area contributed by atoms with Gasteiger partial charge in [-0.3, -0.25) is 24.9 Å². The molecule has 1 saturated heterocycles. The van der Waals surface area contributed by atoms with Gasteiger partial charge in [-0.2, -0.15) is 0 Å². The van der Waals surface area contributed by atoms with Crippen molar-refractivity contribution in [1.29, 1.82) is 0 Å². The van der Waals surface area contributed by atoms with Crippen LogP contribution in [0.25, 0.3) is 0 Å². The molecule has 1 amide bonds. The quantitative estimate of drug-likeness (QED) is 0.361. The lowest BCUT2D eigenvalue weighted by atomic mass is 10.1. The molecule has 2 N–H and O–H groups in total. The molecule has 0 bridgehead atoms. The Morgan fingerprint density at radius 3 is 2.80 bits per heavy atom. The third kappa shape index (κ3) is 6.03. The number of amides is 1. The predicted molar refractivity (Wildman–Crippen MR) is 153 cm³/mol. The summed E-state index contributed by atoms with van der Waals surface area (Å²) in [6.45, 7) is 6.68. The van der Waals surface area contributed by atoms with Crippen molar-refractivity contribution >= 4 is 29.2 Å². The topological polar surface area (TPSA) is 126 Å². The second-order valence-electron chi connectivity index (χ2n) is 9.76. The first kappa shape index (κ1) is 26.8. The molecule has 41 heavy (non-hydrogen) atoms. The lowest BCUT2D eigenvalue weighted by Crippen LogP contribution is -2.47. The number of amidine groups is 1. The molecule has 12 nitrogen and oxygen atoms in total. The Kier molecular flexibility index (Phi) is 8.10. The highest BCUT2D eigenvalue weighted by Crippen LogP contribution is 2.43. The van der Waals surface area contributed by atoms with Gasteiger partial charge in [0.25, 0.3) is 5.91 Å². The van der Waals surface area contributed by atoms with Crippen molar-refractivity contribution in [1.82, 2.24) is 20.1 Å². The van der Waals surface area contributed by atoms with Gasteiger partial charge in [-0.1, -0.05) is 0 Å². The molecule has 12 heteroatoms. The molecule has 1 fully saturated rings. The molecule has 5 heterocycles. The third-order valence-electron chi connectivity index (χ3n) is 7.11. The number of carbonyl (C=O) groups is 1. The summed E-state index contributed by atoms with van der Waals surface area (Å²) in [4.78, 5) is 31.4. The lowest BCUT2D eigenvalue weighted by Gasteiger charge is -2.29. The van der Waals surface area contributed by atoms with E-state index in [1.807, 2.05) is 29.2 Å². The van der Waals surface area contributed by atoms with E-state index in [1.165, 1.54) is 6.20 Å². The number of pyridine rings is 1. The summed E-state index contributed by atoms with van der Waals surface area (Å²) in [5.41, 5.74) is 1.83. The van der Waals surface area contributed by atoms with E-state index < -0.39 is 0 Å². The smallest absolute Gasteiger partial charge is 0.259 e. The number of guanidine groups is 1. The number of aromatic nitrogens is 1. The summed E-state index contributed by atoms with van der Waals surface area (Å²) in [5.74, 6) is 3.38. The maximum atomic E-state index is 13.2. The van der Waals surface area contributed by atoms with Gasteiger partial charge >= 0.3 is 0 Å². The van der Waals surface area contributed by atoms with Gasteiger partial charge in [0, 0.05) is 37.9 Å². The summed E-state index contributed by atoms with van der Waals surface area (Å²) >= 11 is 0. The number of ether oxygens (including phenoxy) is 3. The molecule has 0 saturated carbocycles. The van der Waals surface area contributed by atoms with Crippen LogP contribution in [0.15, 0.2) is 63.3 Å². The largest absolute Gasteiger partial charge is 0.491 e. The number of hydrogen-bond donors (Lipinski definition) is 2. The van der Waals surface area contributed by atoms with E-state index in [0.29, 0.717) is 60.8 Å². The average molecular weight is 560 g/mol. The fourth-order valence-corrected chi connectivity index (χ4v) is 4.99. The van der Waals surface area contributed by atoms with Gasteiger partial charge < -0.3 is 23.9 Å². The average Bonchev–Trinajstić information content (AvgIpc) is 3.72. The van der Waals surface area contributed by atoms with Gasteiger partial charge in [0.1, 0.15) is 23.1 Å². The molecule has 3 aliphatic heterocycles. The molecular formula is C29H33N7O5. The van der Waals surface area contributed by atoms with Crippen molar-refractivity contribution < 1.29 is 23.4 Å². The Balaban J connectivity index is 1.15. The number of rotatable bonds is 10. The Labute approximate surface area is 238 Å². The monoisotopic (exact) mass is 559 g/mol. The fourth-order valence-electron chi connectivity index (χ4n) is 4.99. The fraction of sp³-hybridized carbons (Fsp3) is 0.379. The normalized spacial score (nSPS) is 16.4. The number of methoxy groups -OCH3 is 1. The van der Waals surface area contributed by atoms with Crippen LogP contribution < -0.4 is 20.1 Å². The number of hydrogen-bond acceptors (Lipinski definition) is 11. The molecule has 214 valence electrons. The van der Waals surface area contributed by atoms with Crippen molar-refractivity contribution in [3.8, 4) is 11.5 Å². The highest BCUT2D eigenvalue weighted by atomic mass is 16.5. The number of nitrogens with zero attached hydrogens (tertiary/aromatic N) is 5. The SMILES string of the molecule is COc1c(OCCCN2CCOCC2)ccc2c1N=C(NC(=O)c1ccc(NCc3ccco3)nc1)N1CCN=C21. The highest BCUT2D eigenvalue weighted by molar-refractivity contribution is 6.20. The van der Waals surface area contributed by atoms with Crippen LogP contribution in [0, 0.1) is 0 Å². The number of furan rings is 1. The number of benzene rings is 1. The number of carbonyl (C=O) groups excluding carboxylic acids is 1. The molecule has 3 aliphatic rings. The molecule has 6 rings (SSSR count). The molecule has 0 atom stereocenters. The van der Waals surface area contributed by atoms with E-state index in [2.05, 4.69) is 25.5 Å². The Hall–Kier alpha value is -4.42. The Morgan fingerprint density at radius 1 is 1.12 bits per heavy atom. The van der Waals surface area contributed by atoms with Crippen LogP contribution in [0.1, 0.15) is 28.1 Å². The van der Waals surface area contributed by atoms with Crippen LogP contribution in [-0.4, -0.2) is 92.1 Å². The standard InChI is InChI=1S/C29H33N7O5/c1-38-26-23(41-15-3-10-35-12-16-39-17-13-35)7-6-22-25(26)33-29(36-11-9-30-27(22)36)34-28(37)20-5-8-24(31-18-20)32-19-21-4-2-14-40-21/h2,4-8,14,18H,3,9-13,15-17,19H2,1H3,(H,31,32)(H,33,34,37). The third-order valence-corrected chi connectivity index (χ3v) is 7.11. The summed E-state index contributed by atoms with van der Waals surface area (Å²) in [7, 11) is 1.60. The zero-order chi connectivity index (χ0) is 28.0. The van der Waals surface area contributed by atoms with E-state index in [0.717, 1.165) is 56.4 Å². The van der Waals surface area contributed by atoms with Gasteiger partial charge in [-0.25, -0.2) is 9.98 Å². The number of fused-ring (bicyclic) bond motifs is 3. The Morgan fingerprint density at radius 2 is 2.02 bits per heavy atom. The zero-order valence-corrected chi connectivity index (χ0v) is 23.0. The van der Waals surface area contributed by atoms with E-state index in [4.69, 9.17) is 23.6 Å². The maximum Gasteiger partial charge on any atom is 0.259 e. The van der Waals surface area contributed by atoms with Crippen LogP contribution in [0.3, 0.4) is 0 Å². The molecule has 0 radical (unpaired) electrons. The minimum absolute atomic E-state index is 0.321. The second kappa shape index (κ2) is 12.4. The van der Waals surface area contributed by atoms with Crippen molar-refractivity contribution in [3.05, 3.63) is 65.7 Å². The molecule has 0 unspecified atom stereocenters. The predicted octanol–water partition coefficient (Wildman–Crippen LogP) is 2.89. The van der Waals surface area contributed by atoms with Gasteiger partial charge in [-0.15, -0.1) is 0 Å². The second-order valence-corrected chi connectivity index (χ2v) is 9.76. The Bertz CT molecular complexity index is 1420. The summed E-state index contributed by atoms with van der Waals surface area (Å²) in [6.07, 6.45) is 4.04. The summed E-state index contributed by atoms with van der Waals surface area (Å²) < 4.78 is 22.6. The molecule has 1 aromatic carbocycles. The van der Waals surface area contributed by atoms with Crippen LogP contribution in [0.4, 0.5) is 11.5 Å². The molecule has 2 aromatic heterocycles. The number of anilines is 1. The van der Waals surface area contributed by atoms with Crippen LogP contribution in [0.5, 0.6) is 11.5 Å². The van der Waals surface area contributed by atoms with Gasteiger partial charge in [0.05, 0.1) is 51.8 Å². The van der Waals surface area contributed by atoms with Crippen LogP contribution >= 0.6 is 0 Å². The van der Waals surface area contributed by atoms with E-state index >= 15 is 0 Å². The first-order valence-electron chi connectivity index (χ1n) is 13.8. The van der Waals surface area contributed by atoms with Gasteiger partial charge in [0.15, 0.2) is 11.5 Å². The van der Waals surface area contributed by atoms with E-state index in [9.17, 15) is 4.79 Å². The van der Waals surface area contributed by atoms with Gasteiger partial charge in [-0.05, 0) is 42.8 Å². The van der Waals surface area contributed by atoms with Crippen molar-refractivity contribution in [2.45, 2.75) is 13.0 Å². The maximum absolute atomic E-state index is 13.2. The lowest BCUT2D eigenvalue weighted by molar-refractivity contribution is 0.0357. The molecule has 0 aliphatic carbocycles. The summed E-state index contributed by atoms with van der Waals surface area (Å²) in [6, 6.07) is 11.0. The van der Waals surface area contributed by atoms with Crippen LogP contribution in [-0.2, 0) is 11.3 Å². The van der Waals surface area contributed by atoms with Crippen molar-refractivity contribution in [2.24, 2.45) is 9.98 Å². The van der Waals surface area contributed by atoms with E-state index in [-0.39, 0.29) is 5.91 Å². The molecular weight excluding hydrogens is 526 g/mol. The van der Waals surface area contributed by atoms with Gasteiger partial charge in [0.2, 0.25) is 5.96 Å².